The summed E-state index contributed by atoms with van der Waals surface area (Å²) in [7, 11) is 0. The Labute approximate surface area is 140 Å². The summed E-state index contributed by atoms with van der Waals surface area (Å²) < 4.78 is 121. The van der Waals surface area contributed by atoms with E-state index in [0.29, 0.717) is 6.07 Å². The summed E-state index contributed by atoms with van der Waals surface area (Å²) in [4.78, 5) is 0. The number of nitrogen functional groups attached to an aromatic ring is 1. The van der Waals surface area contributed by atoms with Crippen molar-refractivity contribution >= 4 is 5.69 Å². The van der Waals surface area contributed by atoms with Crippen LogP contribution < -0.4 is 10.5 Å². The molecule has 2 N–H and O–H groups in total. The number of anilines is 1. The predicted molar refractivity (Wildman–Crippen MR) is 72.4 cm³/mol. The first kappa shape index (κ1) is 19.7. The Balaban J connectivity index is 2.64. The van der Waals surface area contributed by atoms with Gasteiger partial charge in [-0.2, -0.15) is 39.5 Å². The van der Waals surface area contributed by atoms with E-state index in [1.807, 2.05) is 0 Å². The van der Waals surface area contributed by atoms with Crippen LogP contribution in [0, 0.1) is 0 Å². The van der Waals surface area contributed by atoms with Gasteiger partial charge in [-0.3, -0.25) is 0 Å². The quantitative estimate of drug-likeness (QED) is 0.496. The highest BCUT2D eigenvalue weighted by Crippen LogP contribution is 2.47. The Morgan fingerprint density at radius 2 is 1.15 bits per heavy atom. The van der Waals surface area contributed by atoms with E-state index >= 15 is 0 Å². The van der Waals surface area contributed by atoms with Crippen LogP contribution in [-0.4, -0.2) is 0 Å². The van der Waals surface area contributed by atoms with Crippen LogP contribution in [0.2, 0.25) is 0 Å². The zero-order valence-corrected chi connectivity index (χ0v) is 12.4. The van der Waals surface area contributed by atoms with Crippen molar-refractivity contribution in [2.45, 2.75) is 18.5 Å². The zero-order valence-electron chi connectivity index (χ0n) is 12.4. The van der Waals surface area contributed by atoms with Gasteiger partial charge in [0.05, 0.1) is 16.8 Å². The number of benzene rings is 2. The molecule has 2 aromatic rings. The highest BCUT2D eigenvalue weighted by Gasteiger charge is 2.43. The molecule has 0 spiro atoms. The van der Waals surface area contributed by atoms with Crippen molar-refractivity contribution < 1.29 is 44.3 Å². The van der Waals surface area contributed by atoms with E-state index in [1.165, 1.54) is 0 Å². The number of para-hydroxylation sites is 1. The van der Waals surface area contributed by atoms with E-state index in [9.17, 15) is 39.5 Å². The van der Waals surface area contributed by atoms with Crippen molar-refractivity contribution in [3.05, 3.63) is 53.1 Å². The Bertz CT molecular complexity index is 806. The molecule has 0 aromatic heterocycles. The zero-order chi connectivity index (χ0) is 19.9. The van der Waals surface area contributed by atoms with Crippen LogP contribution in [0.4, 0.5) is 45.2 Å². The van der Waals surface area contributed by atoms with E-state index in [2.05, 4.69) is 4.74 Å². The summed E-state index contributed by atoms with van der Waals surface area (Å²) in [6, 6.07) is 3.80. The van der Waals surface area contributed by atoms with E-state index in [1.54, 1.807) is 0 Å². The molecule has 2 aromatic carbocycles. The summed E-state index contributed by atoms with van der Waals surface area (Å²) in [5.41, 5.74) is -1.88. The largest absolute Gasteiger partial charge is 0.456 e. The Morgan fingerprint density at radius 1 is 0.615 bits per heavy atom. The average molecular weight is 389 g/mol. The lowest BCUT2D eigenvalue weighted by atomic mass is 10.0. The van der Waals surface area contributed by atoms with Gasteiger partial charge in [0.1, 0.15) is 17.1 Å². The monoisotopic (exact) mass is 389 g/mol. The predicted octanol–water partition coefficient (Wildman–Crippen LogP) is 6.12. The molecule has 0 aliphatic heterocycles. The average Bonchev–Trinajstić information content (AvgIpc) is 2.44. The van der Waals surface area contributed by atoms with Crippen LogP contribution in [0.25, 0.3) is 0 Å². The van der Waals surface area contributed by atoms with Crippen molar-refractivity contribution in [2.75, 3.05) is 5.73 Å². The van der Waals surface area contributed by atoms with Gasteiger partial charge in [-0.15, -0.1) is 0 Å². The molecule has 0 unspecified atom stereocenters. The third-order valence-electron chi connectivity index (χ3n) is 3.21. The molecule has 0 aliphatic rings. The van der Waals surface area contributed by atoms with Gasteiger partial charge >= 0.3 is 18.5 Å². The van der Waals surface area contributed by atoms with Gasteiger partial charge in [-0.05, 0) is 24.3 Å². The molecule has 2 nitrogen and oxygen atoms in total. The third-order valence-corrected chi connectivity index (χ3v) is 3.21. The molecule has 0 saturated heterocycles. The third kappa shape index (κ3) is 3.97. The molecule has 0 radical (unpaired) electrons. The number of hydrogen-bond donors (Lipinski definition) is 1. The number of alkyl halides is 9. The molecule has 0 bridgehead atoms. The molecule has 0 amide bonds. The number of nitrogens with two attached hydrogens (primary N) is 1. The molecule has 2 rings (SSSR count). The maximum absolute atomic E-state index is 13.2. The Kier molecular flexibility index (Phi) is 4.77. The number of hydrogen-bond acceptors (Lipinski definition) is 2. The second-order valence-electron chi connectivity index (χ2n) is 4.99. The van der Waals surface area contributed by atoms with Gasteiger partial charge in [0, 0.05) is 0 Å². The molecule has 26 heavy (non-hydrogen) atoms. The van der Waals surface area contributed by atoms with Crippen molar-refractivity contribution in [2.24, 2.45) is 0 Å². The lowest BCUT2D eigenvalue weighted by molar-refractivity contribution is -0.142. The summed E-state index contributed by atoms with van der Waals surface area (Å²) in [5.74, 6) is -2.29. The van der Waals surface area contributed by atoms with E-state index < -0.39 is 52.4 Å². The minimum atomic E-state index is -5.39. The molecule has 0 atom stereocenters. The van der Waals surface area contributed by atoms with Gasteiger partial charge in [-0.1, -0.05) is 12.1 Å². The first-order chi connectivity index (χ1) is 11.7. The highest BCUT2D eigenvalue weighted by molar-refractivity contribution is 5.63. The molecule has 0 heterocycles. The van der Waals surface area contributed by atoms with Gasteiger partial charge < -0.3 is 10.5 Å². The molecule has 0 fully saturated rings. The number of halogens is 9. The fourth-order valence-corrected chi connectivity index (χ4v) is 2.13. The topological polar surface area (TPSA) is 35.2 Å². The van der Waals surface area contributed by atoms with Crippen LogP contribution in [0.1, 0.15) is 16.7 Å². The lowest BCUT2D eigenvalue weighted by Gasteiger charge is -2.20. The Morgan fingerprint density at radius 3 is 1.65 bits per heavy atom. The summed E-state index contributed by atoms with van der Waals surface area (Å²) in [6.45, 7) is 0. The van der Waals surface area contributed by atoms with E-state index in [4.69, 9.17) is 5.73 Å². The fraction of sp³-hybridized carbons (Fsp3) is 0.200. The SMILES string of the molecule is Nc1c(C(F)(F)F)ccc(Oc2ccccc2C(F)(F)F)c1C(F)(F)F. The maximum atomic E-state index is 13.2. The van der Waals surface area contributed by atoms with Crippen molar-refractivity contribution in [3.63, 3.8) is 0 Å². The molecule has 142 valence electrons. The lowest BCUT2D eigenvalue weighted by Crippen LogP contribution is -2.17. The molecular formula is C15H8F9NO. The van der Waals surface area contributed by atoms with Gasteiger partial charge in [0.25, 0.3) is 0 Å². The first-order valence-corrected chi connectivity index (χ1v) is 6.64. The van der Waals surface area contributed by atoms with Crippen LogP contribution in [-0.2, 0) is 18.5 Å². The Hall–Kier alpha value is -2.59. The van der Waals surface area contributed by atoms with Crippen LogP contribution in [0.15, 0.2) is 36.4 Å². The number of ether oxygens (including phenoxy) is 1. The second kappa shape index (κ2) is 6.29. The fourth-order valence-electron chi connectivity index (χ4n) is 2.13. The minimum Gasteiger partial charge on any atom is -0.456 e. The van der Waals surface area contributed by atoms with E-state index in [0.717, 1.165) is 18.2 Å². The van der Waals surface area contributed by atoms with E-state index in [-0.39, 0.29) is 12.1 Å². The maximum Gasteiger partial charge on any atom is 0.421 e. The van der Waals surface area contributed by atoms with Gasteiger partial charge in [0.15, 0.2) is 0 Å². The van der Waals surface area contributed by atoms with Crippen LogP contribution in [0.3, 0.4) is 0 Å². The molecule has 0 aliphatic carbocycles. The molecule has 11 heteroatoms. The van der Waals surface area contributed by atoms with Crippen LogP contribution >= 0.6 is 0 Å². The van der Waals surface area contributed by atoms with Crippen molar-refractivity contribution in [1.82, 2.24) is 0 Å². The normalized spacial score (nSPS) is 13.0. The van der Waals surface area contributed by atoms with Crippen LogP contribution in [0.5, 0.6) is 11.5 Å². The highest BCUT2D eigenvalue weighted by atomic mass is 19.4. The number of rotatable bonds is 2. The molecular weight excluding hydrogens is 381 g/mol. The summed E-state index contributed by atoms with van der Waals surface area (Å²) in [5, 5.41) is 0. The first-order valence-electron chi connectivity index (χ1n) is 6.64. The standard InChI is InChI=1S/C15H8F9NO/c16-13(17,18)7-3-1-2-4-9(7)26-10-6-5-8(14(19,20)21)12(25)11(10)15(22,23)24/h1-6H,25H2. The minimum absolute atomic E-state index is 0.204. The van der Waals surface area contributed by atoms with Gasteiger partial charge in [0.2, 0.25) is 0 Å². The molecule has 0 saturated carbocycles. The summed E-state index contributed by atoms with van der Waals surface area (Å²) in [6.07, 6.45) is -15.5. The smallest absolute Gasteiger partial charge is 0.421 e. The van der Waals surface area contributed by atoms with Crippen molar-refractivity contribution in [3.8, 4) is 11.5 Å². The second-order valence-corrected chi connectivity index (χ2v) is 4.99. The summed E-state index contributed by atoms with van der Waals surface area (Å²) >= 11 is 0. The van der Waals surface area contributed by atoms with Gasteiger partial charge in [-0.25, -0.2) is 0 Å². The van der Waals surface area contributed by atoms with Crippen molar-refractivity contribution in [1.29, 1.82) is 0 Å².